The van der Waals surface area contributed by atoms with Crippen molar-refractivity contribution in [3.05, 3.63) is 41.6 Å². The number of halogens is 1. The van der Waals surface area contributed by atoms with Crippen molar-refractivity contribution in [1.82, 2.24) is 4.90 Å². The molecule has 3 rings (SSSR count). The van der Waals surface area contributed by atoms with Gasteiger partial charge in [-0.05, 0) is 24.0 Å². The maximum Gasteiger partial charge on any atom is 0.306 e. The molecular formula is C23H29FN2O3. The predicted molar refractivity (Wildman–Crippen MR) is 111 cm³/mol. The molecule has 29 heavy (non-hydrogen) atoms. The molecule has 1 aromatic rings. The lowest BCUT2D eigenvalue weighted by Crippen LogP contribution is -2.45. The number of hydrogen-bond acceptors (Lipinski definition) is 4. The highest BCUT2D eigenvalue weighted by molar-refractivity contribution is 6.03. The number of aryl methyl sites for hydroxylation is 1. The Morgan fingerprint density at radius 1 is 1.28 bits per heavy atom. The van der Waals surface area contributed by atoms with Crippen LogP contribution in [0.25, 0.3) is 5.57 Å². The molecule has 0 unspecified atom stereocenters. The van der Waals surface area contributed by atoms with Crippen molar-refractivity contribution in [3.8, 4) is 0 Å². The summed E-state index contributed by atoms with van der Waals surface area (Å²) in [5, 5.41) is 0. The van der Waals surface area contributed by atoms with Crippen LogP contribution >= 0.6 is 0 Å². The number of hydrogen-bond donors (Lipinski definition) is 0. The molecule has 0 bridgehead atoms. The quantitative estimate of drug-likeness (QED) is 0.679. The van der Waals surface area contributed by atoms with Gasteiger partial charge in [-0.3, -0.25) is 14.6 Å². The Morgan fingerprint density at radius 3 is 2.59 bits per heavy atom. The van der Waals surface area contributed by atoms with E-state index in [1.165, 1.54) is 12.7 Å². The van der Waals surface area contributed by atoms with Crippen molar-refractivity contribution in [2.75, 3.05) is 13.7 Å². The normalized spacial score (nSPS) is 22.5. The van der Waals surface area contributed by atoms with Crippen molar-refractivity contribution >= 4 is 23.2 Å². The summed E-state index contributed by atoms with van der Waals surface area (Å²) in [5.74, 6) is -1.19. The highest BCUT2D eigenvalue weighted by Gasteiger charge is 2.42. The van der Waals surface area contributed by atoms with Crippen LogP contribution < -0.4 is 0 Å². The zero-order valence-corrected chi connectivity index (χ0v) is 17.5. The number of esters is 1. The van der Waals surface area contributed by atoms with Crippen LogP contribution in [0.1, 0.15) is 44.2 Å². The molecular weight excluding hydrogens is 371 g/mol. The van der Waals surface area contributed by atoms with Crippen LogP contribution in [0.4, 0.5) is 4.39 Å². The lowest BCUT2D eigenvalue weighted by Gasteiger charge is -2.30. The fourth-order valence-corrected chi connectivity index (χ4v) is 4.02. The number of aliphatic imine (C=N–C) groups is 1. The second kappa shape index (κ2) is 8.89. The number of benzene rings is 1. The van der Waals surface area contributed by atoms with Gasteiger partial charge in [-0.15, -0.1) is 0 Å². The van der Waals surface area contributed by atoms with Crippen LogP contribution in [-0.4, -0.2) is 48.4 Å². The molecule has 3 atom stereocenters. The number of ether oxygens (including phenoxy) is 1. The van der Waals surface area contributed by atoms with Gasteiger partial charge in [0.1, 0.15) is 6.17 Å². The first-order valence-corrected chi connectivity index (χ1v) is 10.1. The topological polar surface area (TPSA) is 59.0 Å². The van der Waals surface area contributed by atoms with Gasteiger partial charge in [0.2, 0.25) is 5.91 Å². The van der Waals surface area contributed by atoms with E-state index < -0.39 is 18.1 Å². The molecule has 1 saturated heterocycles. The van der Waals surface area contributed by atoms with Crippen molar-refractivity contribution < 1.29 is 18.7 Å². The molecule has 0 radical (unpaired) electrons. The lowest BCUT2D eigenvalue weighted by atomic mass is 9.90. The van der Waals surface area contributed by atoms with Crippen molar-refractivity contribution in [2.24, 2.45) is 16.8 Å². The Hall–Kier alpha value is -2.50. The fourth-order valence-electron chi connectivity index (χ4n) is 4.02. The summed E-state index contributed by atoms with van der Waals surface area (Å²) in [7, 11) is 1.31. The molecule has 0 aliphatic carbocycles. The maximum absolute atomic E-state index is 14.3. The molecule has 0 saturated carbocycles. The predicted octanol–water partition coefficient (Wildman–Crippen LogP) is 3.95. The van der Waals surface area contributed by atoms with Gasteiger partial charge >= 0.3 is 5.97 Å². The van der Waals surface area contributed by atoms with Gasteiger partial charge in [0.05, 0.1) is 32.0 Å². The second-order valence-corrected chi connectivity index (χ2v) is 8.29. The summed E-state index contributed by atoms with van der Waals surface area (Å²) in [6.07, 6.45) is 1.60. The number of amides is 1. The number of nitrogens with zero attached hydrogens (tertiary/aromatic N) is 2. The zero-order valence-electron chi connectivity index (χ0n) is 17.5. The number of allylic oxidation sites excluding steroid dienone is 1. The van der Waals surface area contributed by atoms with E-state index in [0.717, 1.165) is 16.8 Å². The average Bonchev–Trinajstić information content (AvgIpc) is 3.32. The Labute approximate surface area is 171 Å². The van der Waals surface area contributed by atoms with Crippen molar-refractivity contribution in [1.29, 1.82) is 0 Å². The first kappa shape index (κ1) is 21.2. The number of likely N-dealkylation sites (tertiary alicyclic amines) is 1. The first-order chi connectivity index (χ1) is 13.8. The standard InChI is InChI=1S/C23H29FN2O3/c1-14(2)19(11-22(27)29-4)23(28)26-13-18(24)10-21(26)20-9-17(12-25-20)16-7-5-15(3)6-8-16/h5-8,12,14,18-19,21H,9-11,13H2,1-4H3/t18-,19-,21-/m0/s1. The number of rotatable bonds is 6. The van der Waals surface area contributed by atoms with Gasteiger partial charge in [0.15, 0.2) is 0 Å². The van der Waals surface area contributed by atoms with Crippen LogP contribution in [0.15, 0.2) is 35.5 Å². The van der Waals surface area contributed by atoms with Gasteiger partial charge in [-0.2, -0.15) is 0 Å². The lowest BCUT2D eigenvalue weighted by molar-refractivity contribution is -0.148. The van der Waals surface area contributed by atoms with Gasteiger partial charge in [-0.25, -0.2) is 4.39 Å². The Morgan fingerprint density at radius 2 is 1.97 bits per heavy atom. The maximum atomic E-state index is 14.3. The van der Waals surface area contributed by atoms with E-state index in [-0.39, 0.29) is 37.3 Å². The molecule has 1 amide bonds. The van der Waals surface area contributed by atoms with E-state index in [1.807, 2.05) is 27.0 Å². The van der Waals surface area contributed by atoms with Crippen molar-refractivity contribution in [2.45, 2.75) is 52.2 Å². The minimum absolute atomic E-state index is 0.00646. The first-order valence-electron chi connectivity index (χ1n) is 10.1. The smallest absolute Gasteiger partial charge is 0.306 e. The third kappa shape index (κ3) is 4.74. The molecule has 2 aliphatic heterocycles. The number of carbonyl (C=O) groups excluding carboxylic acids is 2. The van der Waals surface area contributed by atoms with Gasteiger partial charge in [-0.1, -0.05) is 43.7 Å². The molecule has 2 heterocycles. The molecule has 2 aliphatic rings. The van der Waals surface area contributed by atoms with E-state index in [9.17, 15) is 14.0 Å². The van der Waals surface area contributed by atoms with Crippen LogP contribution in [-0.2, 0) is 14.3 Å². The molecule has 5 nitrogen and oxygen atoms in total. The summed E-state index contributed by atoms with van der Waals surface area (Å²) in [6.45, 7) is 5.88. The number of methoxy groups -OCH3 is 1. The van der Waals surface area contributed by atoms with E-state index in [1.54, 1.807) is 4.90 Å². The molecule has 1 aromatic carbocycles. The molecule has 0 spiro atoms. The summed E-state index contributed by atoms with van der Waals surface area (Å²) in [4.78, 5) is 31.1. The molecule has 0 aromatic heterocycles. The largest absolute Gasteiger partial charge is 0.469 e. The van der Waals surface area contributed by atoms with E-state index in [0.29, 0.717) is 6.42 Å². The van der Waals surface area contributed by atoms with Crippen LogP contribution in [0.5, 0.6) is 0 Å². The highest BCUT2D eigenvalue weighted by atomic mass is 19.1. The highest BCUT2D eigenvalue weighted by Crippen LogP contribution is 2.33. The monoisotopic (exact) mass is 400 g/mol. The van der Waals surface area contributed by atoms with Crippen LogP contribution in [0, 0.1) is 18.8 Å². The van der Waals surface area contributed by atoms with Crippen molar-refractivity contribution in [3.63, 3.8) is 0 Å². The van der Waals surface area contributed by atoms with Gasteiger partial charge in [0, 0.05) is 24.8 Å². The van der Waals surface area contributed by atoms with E-state index in [2.05, 4.69) is 29.3 Å². The number of alkyl halides is 1. The Balaban J connectivity index is 1.74. The van der Waals surface area contributed by atoms with Crippen LogP contribution in [0.2, 0.25) is 0 Å². The van der Waals surface area contributed by atoms with Gasteiger partial charge < -0.3 is 9.64 Å². The summed E-state index contributed by atoms with van der Waals surface area (Å²) < 4.78 is 19.1. The third-order valence-electron chi connectivity index (χ3n) is 5.83. The molecule has 156 valence electrons. The minimum Gasteiger partial charge on any atom is -0.469 e. The Kier molecular flexibility index (Phi) is 6.50. The Bertz CT molecular complexity index is 829. The van der Waals surface area contributed by atoms with Gasteiger partial charge in [0.25, 0.3) is 0 Å². The van der Waals surface area contributed by atoms with Crippen LogP contribution in [0.3, 0.4) is 0 Å². The minimum atomic E-state index is -1.08. The number of carbonyl (C=O) groups is 2. The average molecular weight is 400 g/mol. The van der Waals surface area contributed by atoms with E-state index in [4.69, 9.17) is 4.74 Å². The molecule has 1 fully saturated rings. The molecule has 0 N–H and O–H groups in total. The summed E-state index contributed by atoms with van der Waals surface area (Å²) in [6, 6.07) is 7.85. The summed E-state index contributed by atoms with van der Waals surface area (Å²) >= 11 is 0. The SMILES string of the molecule is COC(=O)C[C@H](C(=O)N1C[C@@H](F)C[C@H]1C1=NC=C(c2ccc(C)cc2)C1)C(C)C. The fraction of sp³-hybridized carbons (Fsp3) is 0.522. The second-order valence-electron chi connectivity index (χ2n) is 8.29. The van der Waals surface area contributed by atoms with E-state index >= 15 is 0 Å². The molecule has 6 heteroatoms. The third-order valence-corrected chi connectivity index (χ3v) is 5.83. The summed E-state index contributed by atoms with van der Waals surface area (Å²) in [5.41, 5.74) is 4.17. The zero-order chi connectivity index (χ0) is 21.1.